The van der Waals surface area contributed by atoms with Crippen molar-refractivity contribution in [3.05, 3.63) is 0 Å². The highest BCUT2D eigenvalue weighted by Gasteiger charge is 2.63. The molecule has 17 nitrogen and oxygen atoms in total. The first-order valence-electron chi connectivity index (χ1n) is 12.9. The Balaban J connectivity index is 1.79. The number of hydrogen-bond donors (Lipinski definition) is 12. The number of hydrogen-bond acceptors (Lipinski definition) is 17. The van der Waals surface area contributed by atoms with Crippen LogP contribution >= 0.6 is 0 Å². The minimum Gasteiger partial charge on any atom is -0.394 e. The van der Waals surface area contributed by atoms with Crippen molar-refractivity contribution in [1.29, 1.82) is 0 Å². The summed E-state index contributed by atoms with van der Waals surface area (Å²) in [6, 6.07) is -4.27. The molecule has 230 valence electrons. The van der Waals surface area contributed by atoms with Gasteiger partial charge in [-0.15, -0.1) is 0 Å². The maximum atomic E-state index is 11.0. The van der Waals surface area contributed by atoms with Crippen LogP contribution in [0.25, 0.3) is 0 Å². The van der Waals surface area contributed by atoms with Gasteiger partial charge in [0.2, 0.25) is 5.79 Å². The molecule has 3 aliphatic rings. The summed E-state index contributed by atoms with van der Waals surface area (Å²) in [4.78, 5) is 0. The van der Waals surface area contributed by atoms with Gasteiger partial charge >= 0.3 is 0 Å². The monoisotopic (exact) mass is 573 g/mol. The number of aliphatic hydroxyl groups excluding tert-OH is 7. The lowest BCUT2D eigenvalue weighted by atomic mass is 9.79. The Morgan fingerprint density at radius 3 is 1.85 bits per heavy atom. The van der Waals surface area contributed by atoms with Crippen LogP contribution in [0.3, 0.4) is 0 Å². The van der Waals surface area contributed by atoms with Crippen molar-refractivity contribution >= 4 is 0 Å². The molecule has 2 unspecified atom stereocenters. The number of ether oxygens (including phenoxy) is 5. The molecule has 14 atom stereocenters. The van der Waals surface area contributed by atoms with Gasteiger partial charge in [-0.25, -0.2) is 0 Å². The van der Waals surface area contributed by atoms with Crippen LogP contribution in [0.15, 0.2) is 0 Å². The normalized spacial score (nSPS) is 48.7. The number of unbranched alkanes of at least 4 members (excludes halogenated alkanes) is 1. The Labute approximate surface area is 224 Å². The molecule has 3 heterocycles. The average molecular weight is 574 g/mol. The Hall–Kier alpha value is -0.680. The van der Waals surface area contributed by atoms with Gasteiger partial charge in [0.15, 0.2) is 24.5 Å². The third-order valence-electron chi connectivity index (χ3n) is 7.70. The van der Waals surface area contributed by atoms with E-state index in [1.54, 1.807) is 0 Å². The van der Waals surface area contributed by atoms with Crippen molar-refractivity contribution in [3.8, 4) is 0 Å². The number of nitrogens with two attached hydrogens (primary N) is 3. The Bertz CT molecular complexity index is 780. The molecule has 0 aromatic carbocycles. The van der Waals surface area contributed by atoms with E-state index >= 15 is 0 Å². The number of rotatable bonds is 10. The molecule has 0 spiro atoms. The quantitative estimate of drug-likeness (QED) is 0.108. The topological polar surface area (TPSA) is 306 Å². The second-order valence-corrected chi connectivity index (χ2v) is 10.3. The fourth-order valence-electron chi connectivity index (χ4n) is 5.09. The fraction of sp³-hybridized carbons (Fsp3) is 1.00. The lowest BCUT2D eigenvalue weighted by Gasteiger charge is -2.54. The molecule has 39 heavy (non-hydrogen) atoms. The zero-order chi connectivity index (χ0) is 29.3. The van der Waals surface area contributed by atoms with Crippen LogP contribution in [0.5, 0.6) is 0 Å². The molecule has 3 aliphatic heterocycles. The highest BCUT2D eigenvalue weighted by Crippen LogP contribution is 2.41. The summed E-state index contributed by atoms with van der Waals surface area (Å²) in [5.74, 6) is -2.94. The van der Waals surface area contributed by atoms with Crippen LogP contribution in [-0.2, 0) is 23.7 Å². The molecular formula is C22H43N3O14. The summed E-state index contributed by atoms with van der Waals surface area (Å²) in [6.45, 7) is -0.527. The van der Waals surface area contributed by atoms with Gasteiger partial charge in [0.25, 0.3) is 0 Å². The van der Waals surface area contributed by atoms with Crippen molar-refractivity contribution in [3.63, 3.8) is 0 Å². The lowest BCUT2D eigenvalue weighted by Crippen LogP contribution is -2.76. The third kappa shape index (κ3) is 6.11. The Morgan fingerprint density at radius 2 is 1.31 bits per heavy atom. The van der Waals surface area contributed by atoms with E-state index < -0.39 is 111 Å². The summed E-state index contributed by atoms with van der Waals surface area (Å²) in [7, 11) is 0. The summed E-state index contributed by atoms with van der Waals surface area (Å²) >= 11 is 0. The maximum absolute atomic E-state index is 11.0. The SMILES string of the molecule is CCCC[C@]1(CO)O[C@H](OC2[C@@H](CO)O[C@@H](OC3[C@@H](CO)O[C@@H](O)[C@H](N)[C@H]3O)[C@H](N)[C@H]2O)[C@H](N)[C@@H](O)C1(O)O. The van der Waals surface area contributed by atoms with E-state index in [0.29, 0.717) is 12.8 Å². The molecule has 3 rings (SSSR count). The molecule has 3 saturated heterocycles. The van der Waals surface area contributed by atoms with Crippen LogP contribution in [-0.4, -0.2) is 157 Å². The van der Waals surface area contributed by atoms with Crippen molar-refractivity contribution in [2.45, 2.75) is 117 Å². The van der Waals surface area contributed by atoms with E-state index in [9.17, 15) is 46.0 Å². The molecule has 0 amide bonds. The van der Waals surface area contributed by atoms with Crippen LogP contribution < -0.4 is 17.2 Å². The molecule has 0 bridgehead atoms. The van der Waals surface area contributed by atoms with Gasteiger partial charge < -0.3 is 86.8 Å². The lowest BCUT2D eigenvalue weighted by molar-refractivity contribution is -0.419. The van der Waals surface area contributed by atoms with Gasteiger partial charge in [0, 0.05) is 0 Å². The molecule has 0 aromatic heterocycles. The molecule has 15 N–H and O–H groups in total. The standard InChI is InChI=1S/C22H43N3O14/c1-2-3-4-21(7-28)22(33,34)17(31)12(25)20(39-21)38-16-9(6-27)36-19(11(24)14(16)30)37-15-8(5-26)35-18(32)10(23)13(15)29/h8-20,26-34H,2-7,23-25H2,1H3/t8-,9-,10-,11-,12-,13-,14-,15?,16?,17-,18-,19+,20+,21-/m1/s1. The first kappa shape index (κ1) is 32.8. The molecule has 0 aliphatic carbocycles. The van der Waals surface area contributed by atoms with Crippen molar-refractivity contribution in [2.75, 3.05) is 19.8 Å². The summed E-state index contributed by atoms with van der Waals surface area (Å²) in [5, 5.41) is 92.7. The smallest absolute Gasteiger partial charge is 0.223 e. The number of aliphatic hydroxyl groups is 9. The summed E-state index contributed by atoms with van der Waals surface area (Å²) in [6.07, 6.45) is -14.4. The van der Waals surface area contributed by atoms with Gasteiger partial charge in [0.1, 0.15) is 42.7 Å². The first-order chi connectivity index (χ1) is 18.3. The second kappa shape index (κ2) is 13.1. The minimum atomic E-state index is -2.94. The van der Waals surface area contributed by atoms with E-state index in [1.165, 1.54) is 0 Å². The minimum absolute atomic E-state index is 0.0894. The van der Waals surface area contributed by atoms with E-state index in [4.69, 9.17) is 40.9 Å². The van der Waals surface area contributed by atoms with Gasteiger partial charge in [0.05, 0.1) is 37.9 Å². The van der Waals surface area contributed by atoms with Crippen LogP contribution in [0.2, 0.25) is 0 Å². The van der Waals surface area contributed by atoms with Crippen molar-refractivity contribution in [2.24, 2.45) is 17.2 Å². The Morgan fingerprint density at radius 1 is 0.769 bits per heavy atom. The summed E-state index contributed by atoms with van der Waals surface area (Å²) < 4.78 is 28.0. The predicted octanol–water partition coefficient (Wildman–Crippen LogP) is -6.79. The fourth-order valence-corrected chi connectivity index (χ4v) is 5.09. The highest BCUT2D eigenvalue weighted by atomic mass is 16.7. The van der Waals surface area contributed by atoms with E-state index in [1.807, 2.05) is 6.92 Å². The van der Waals surface area contributed by atoms with Crippen LogP contribution in [0.4, 0.5) is 0 Å². The largest absolute Gasteiger partial charge is 0.394 e. The zero-order valence-electron chi connectivity index (χ0n) is 21.5. The molecule has 0 radical (unpaired) electrons. The highest BCUT2D eigenvalue weighted by molar-refractivity contribution is 5.07. The van der Waals surface area contributed by atoms with Gasteiger partial charge in [-0.2, -0.15) is 0 Å². The predicted molar refractivity (Wildman–Crippen MR) is 127 cm³/mol. The summed E-state index contributed by atoms with van der Waals surface area (Å²) in [5.41, 5.74) is 15.7. The Kier molecular flexibility index (Phi) is 11.0. The molecule has 17 heteroatoms. The van der Waals surface area contributed by atoms with Gasteiger partial charge in [-0.3, -0.25) is 0 Å². The average Bonchev–Trinajstić information content (AvgIpc) is 2.92. The van der Waals surface area contributed by atoms with Crippen LogP contribution in [0, 0.1) is 0 Å². The molecule has 0 aromatic rings. The van der Waals surface area contributed by atoms with E-state index in [0.717, 1.165) is 0 Å². The van der Waals surface area contributed by atoms with E-state index in [2.05, 4.69) is 0 Å². The van der Waals surface area contributed by atoms with Crippen molar-refractivity contribution < 1.29 is 69.6 Å². The third-order valence-corrected chi connectivity index (χ3v) is 7.70. The molecule has 3 fully saturated rings. The van der Waals surface area contributed by atoms with Crippen LogP contribution in [0.1, 0.15) is 26.2 Å². The molecule has 0 saturated carbocycles. The second-order valence-electron chi connectivity index (χ2n) is 10.3. The zero-order valence-corrected chi connectivity index (χ0v) is 21.5. The van der Waals surface area contributed by atoms with Gasteiger partial charge in [-0.1, -0.05) is 19.8 Å². The van der Waals surface area contributed by atoms with Crippen molar-refractivity contribution in [1.82, 2.24) is 0 Å². The molecular weight excluding hydrogens is 530 g/mol. The van der Waals surface area contributed by atoms with E-state index in [-0.39, 0.29) is 6.42 Å². The van der Waals surface area contributed by atoms with Gasteiger partial charge in [-0.05, 0) is 6.42 Å². The first-order valence-corrected chi connectivity index (χ1v) is 12.9. The maximum Gasteiger partial charge on any atom is 0.223 e.